The summed E-state index contributed by atoms with van der Waals surface area (Å²) in [7, 11) is -3.89. The molecule has 0 aliphatic heterocycles. The van der Waals surface area contributed by atoms with Crippen molar-refractivity contribution >= 4 is 15.7 Å². The van der Waals surface area contributed by atoms with Crippen molar-refractivity contribution in [2.75, 3.05) is 25.5 Å². The Morgan fingerprint density at radius 1 is 1.29 bits per heavy atom. The summed E-state index contributed by atoms with van der Waals surface area (Å²) >= 11 is 0. The number of hydrogen-bond acceptors (Lipinski definition) is 4. The molecule has 7 heteroatoms. The number of hydrogen-bond donors (Lipinski definition) is 2. The lowest BCUT2D eigenvalue weighted by atomic mass is 10.2. The van der Waals surface area contributed by atoms with E-state index >= 15 is 0 Å². The second-order valence-electron chi connectivity index (χ2n) is 4.86. The largest absolute Gasteiger partial charge is 0.398 e. The Bertz CT molecular complexity index is 562. The van der Waals surface area contributed by atoms with Gasteiger partial charge in [0.1, 0.15) is 10.7 Å². The third-order valence-corrected chi connectivity index (χ3v) is 4.49. The standard InChI is InChI=1S/C14H23FN2O3S/c1-3-4-7-20-8-5-6-17-21(18,19)14-10-13(16)11(2)9-12(14)15/h9-10,17H,3-8,16H2,1-2H3. The predicted molar refractivity (Wildman–Crippen MR) is 81.1 cm³/mol. The molecule has 0 unspecified atom stereocenters. The number of nitrogens with two attached hydrogens (primary N) is 1. The Labute approximate surface area is 125 Å². The number of halogens is 1. The van der Waals surface area contributed by atoms with E-state index in [0.717, 1.165) is 25.0 Å². The van der Waals surface area contributed by atoms with E-state index in [-0.39, 0.29) is 12.2 Å². The summed E-state index contributed by atoms with van der Waals surface area (Å²) in [5, 5.41) is 0. The first-order valence-electron chi connectivity index (χ1n) is 7.01. The van der Waals surface area contributed by atoms with E-state index in [1.165, 1.54) is 0 Å². The Balaban J connectivity index is 2.53. The number of rotatable bonds is 9. The lowest BCUT2D eigenvalue weighted by Gasteiger charge is -2.10. The summed E-state index contributed by atoms with van der Waals surface area (Å²) in [6.07, 6.45) is 2.58. The number of anilines is 1. The molecule has 0 aliphatic carbocycles. The van der Waals surface area contributed by atoms with Crippen molar-refractivity contribution in [3.8, 4) is 0 Å². The third kappa shape index (κ3) is 5.61. The van der Waals surface area contributed by atoms with Gasteiger partial charge in [0.25, 0.3) is 0 Å². The molecule has 0 aliphatic rings. The Morgan fingerprint density at radius 3 is 2.62 bits per heavy atom. The van der Waals surface area contributed by atoms with Crippen LogP contribution in [0.15, 0.2) is 17.0 Å². The summed E-state index contributed by atoms with van der Waals surface area (Å²) in [4.78, 5) is -0.419. The van der Waals surface area contributed by atoms with E-state index in [4.69, 9.17) is 10.5 Å². The van der Waals surface area contributed by atoms with Gasteiger partial charge in [-0.2, -0.15) is 0 Å². The molecule has 5 nitrogen and oxygen atoms in total. The molecule has 0 fully saturated rings. The SMILES string of the molecule is CCCCOCCCNS(=O)(=O)c1cc(N)c(C)cc1F. The van der Waals surface area contributed by atoms with Gasteiger partial charge in [-0.15, -0.1) is 0 Å². The van der Waals surface area contributed by atoms with Crippen molar-refractivity contribution in [2.24, 2.45) is 0 Å². The van der Waals surface area contributed by atoms with Crippen LogP contribution in [0, 0.1) is 12.7 Å². The molecule has 0 bridgehead atoms. The Morgan fingerprint density at radius 2 is 1.95 bits per heavy atom. The number of sulfonamides is 1. The van der Waals surface area contributed by atoms with Crippen molar-refractivity contribution in [2.45, 2.75) is 38.0 Å². The van der Waals surface area contributed by atoms with E-state index in [1.807, 2.05) is 0 Å². The summed E-state index contributed by atoms with van der Waals surface area (Å²) in [5.41, 5.74) is 6.39. The van der Waals surface area contributed by atoms with Crippen LogP contribution in [0.4, 0.5) is 10.1 Å². The van der Waals surface area contributed by atoms with Crippen LogP contribution in [-0.4, -0.2) is 28.2 Å². The molecule has 0 saturated heterocycles. The average molecular weight is 318 g/mol. The van der Waals surface area contributed by atoms with Gasteiger partial charge in [0.05, 0.1) is 0 Å². The summed E-state index contributed by atoms with van der Waals surface area (Å²) < 4.78 is 45.4. The molecule has 120 valence electrons. The Hall–Kier alpha value is -1.18. The molecule has 0 atom stereocenters. The molecule has 3 N–H and O–H groups in total. The van der Waals surface area contributed by atoms with E-state index in [1.54, 1.807) is 6.92 Å². The van der Waals surface area contributed by atoms with Crippen LogP contribution < -0.4 is 10.5 Å². The van der Waals surface area contributed by atoms with Crippen LogP contribution in [-0.2, 0) is 14.8 Å². The maximum atomic E-state index is 13.7. The topological polar surface area (TPSA) is 81.4 Å². The molecule has 1 aromatic rings. The molecule has 0 amide bonds. The predicted octanol–water partition coefficient (Wildman–Crippen LogP) is 2.20. The first-order valence-corrected chi connectivity index (χ1v) is 8.50. The molecule has 0 radical (unpaired) electrons. The Kier molecular flexibility index (Phi) is 7.07. The van der Waals surface area contributed by atoms with Crippen molar-refractivity contribution in [1.82, 2.24) is 4.72 Å². The highest BCUT2D eigenvalue weighted by molar-refractivity contribution is 7.89. The van der Waals surface area contributed by atoms with Crippen LogP contribution in [0.2, 0.25) is 0 Å². The molecule has 0 aromatic heterocycles. The van der Waals surface area contributed by atoms with Crippen molar-refractivity contribution < 1.29 is 17.5 Å². The maximum Gasteiger partial charge on any atom is 0.243 e. The average Bonchev–Trinajstić information content (AvgIpc) is 2.41. The number of ether oxygens (including phenoxy) is 1. The summed E-state index contributed by atoms with van der Waals surface area (Å²) in [5.74, 6) is -0.798. The van der Waals surface area contributed by atoms with Gasteiger partial charge in [0.15, 0.2) is 0 Å². The highest BCUT2D eigenvalue weighted by Crippen LogP contribution is 2.21. The fourth-order valence-corrected chi connectivity index (χ4v) is 2.85. The van der Waals surface area contributed by atoms with E-state index in [0.29, 0.717) is 25.2 Å². The molecular weight excluding hydrogens is 295 g/mol. The highest BCUT2D eigenvalue weighted by atomic mass is 32.2. The van der Waals surface area contributed by atoms with Gasteiger partial charge in [-0.05, 0) is 37.5 Å². The first-order chi connectivity index (χ1) is 9.88. The summed E-state index contributed by atoms with van der Waals surface area (Å²) in [6.45, 7) is 5.03. The molecule has 0 spiro atoms. The smallest absolute Gasteiger partial charge is 0.243 e. The minimum atomic E-state index is -3.89. The van der Waals surface area contributed by atoms with Gasteiger partial charge in [0, 0.05) is 25.4 Å². The van der Waals surface area contributed by atoms with Crippen LogP contribution in [0.25, 0.3) is 0 Å². The molecule has 1 aromatic carbocycles. The van der Waals surface area contributed by atoms with Crippen LogP contribution >= 0.6 is 0 Å². The normalized spacial score (nSPS) is 11.8. The molecule has 0 saturated carbocycles. The van der Waals surface area contributed by atoms with E-state index < -0.39 is 20.7 Å². The number of benzene rings is 1. The molecule has 1 rings (SSSR count). The van der Waals surface area contributed by atoms with Crippen molar-refractivity contribution in [1.29, 1.82) is 0 Å². The van der Waals surface area contributed by atoms with Crippen molar-refractivity contribution in [3.63, 3.8) is 0 Å². The highest BCUT2D eigenvalue weighted by Gasteiger charge is 2.19. The molecular formula is C14H23FN2O3S. The maximum absolute atomic E-state index is 13.7. The quantitative estimate of drug-likeness (QED) is 0.540. The number of nitrogen functional groups attached to an aromatic ring is 1. The fraction of sp³-hybridized carbons (Fsp3) is 0.571. The monoisotopic (exact) mass is 318 g/mol. The number of nitrogens with one attached hydrogen (secondary N) is 1. The third-order valence-electron chi connectivity index (χ3n) is 3.01. The zero-order valence-electron chi connectivity index (χ0n) is 12.5. The zero-order valence-corrected chi connectivity index (χ0v) is 13.3. The van der Waals surface area contributed by atoms with E-state index in [9.17, 15) is 12.8 Å². The number of unbranched alkanes of at least 4 members (excludes halogenated alkanes) is 1. The van der Waals surface area contributed by atoms with Gasteiger partial charge in [-0.1, -0.05) is 13.3 Å². The van der Waals surface area contributed by atoms with Crippen molar-refractivity contribution in [3.05, 3.63) is 23.5 Å². The fourth-order valence-electron chi connectivity index (χ4n) is 1.68. The van der Waals surface area contributed by atoms with Gasteiger partial charge >= 0.3 is 0 Å². The van der Waals surface area contributed by atoms with Crippen LogP contribution in [0.5, 0.6) is 0 Å². The lowest BCUT2D eigenvalue weighted by Crippen LogP contribution is -2.26. The van der Waals surface area contributed by atoms with Crippen LogP contribution in [0.1, 0.15) is 31.7 Å². The second kappa shape index (κ2) is 8.31. The zero-order chi connectivity index (χ0) is 15.9. The minimum absolute atomic E-state index is 0.196. The summed E-state index contributed by atoms with van der Waals surface area (Å²) in [6, 6.07) is 2.27. The van der Waals surface area contributed by atoms with Gasteiger partial charge in [0.2, 0.25) is 10.0 Å². The van der Waals surface area contributed by atoms with Gasteiger partial charge < -0.3 is 10.5 Å². The minimum Gasteiger partial charge on any atom is -0.398 e. The van der Waals surface area contributed by atoms with Gasteiger partial charge in [-0.25, -0.2) is 17.5 Å². The molecule has 0 heterocycles. The van der Waals surface area contributed by atoms with Gasteiger partial charge in [-0.3, -0.25) is 0 Å². The van der Waals surface area contributed by atoms with E-state index in [2.05, 4.69) is 11.6 Å². The number of aryl methyl sites for hydroxylation is 1. The second-order valence-corrected chi connectivity index (χ2v) is 6.59. The lowest BCUT2D eigenvalue weighted by molar-refractivity contribution is 0.130. The first kappa shape index (κ1) is 17.9. The molecule has 21 heavy (non-hydrogen) atoms. The van der Waals surface area contributed by atoms with Crippen LogP contribution in [0.3, 0.4) is 0 Å².